The summed E-state index contributed by atoms with van der Waals surface area (Å²) in [5.74, 6) is -1.68. The lowest BCUT2D eigenvalue weighted by molar-refractivity contribution is -0.139. The summed E-state index contributed by atoms with van der Waals surface area (Å²) in [7, 11) is 0. The molecule has 1 aliphatic rings. The second-order valence-electron chi connectivity index (χ2n) is 5.86. The standard InChI is InChI=1S/C16H16FNO4/c1-9-11-7-10(17)3-4-12(11)22-14(9)15(21)18-16(5-2-6-16)8-13(19)20/h3-4,7H,2,5-6,8H2,1H3,(H,18,21)(H,19,20). The van der Waals surface area contributed by atoms with E-state index in [0.717, 1.165) is 6.42 Å². The number of nitrogens with one attached hydrogen (secondary N) is 1. The van der Waals surface area contributed by atoms with Gasteiger partial charge in [0, 0.05) is 10.9 Å². The Morgan fingerprint density at radius 3 is 2.73 bits per heavy atom. The molecule has 0 aliphatic heterocycles. The number of halogens is 1. The number of benzene rings is 1. The van der Waals surface area contributed by atoms with Crippen LogP contribution in [0.4, 0.5) is 4.39 Å². The Balaban J connectivity index is 1.89. The summed E-state index contributed by atoms with van der Waals surface area (Å²) in [6.07, 6.45) is 2.06. The zero-order valence-electron chi connectivity index (χ0n) is 12.1. The summed E-state index contributed by atoms with van der Waals surface area (Å²) in [4.78, 5) is 23.4. The van der Waals surface area contributed by atoms with Gasteiger partial charge in [0.15, 0.2) is 5.76 Å². The highest BCUT2D eigenvalue weighted by atomic mass is 19.1. The highest BCUT2D eigenvalue weighted by molar-refractivity contribution is 5.99. The zero-order chi connectivity index (χ0) is 15.9. The van der Waals surface area contributed by atoms with Gasteiger partial charge >= 0.3 is 5.97 Å². The van der Waals surface area contributed by atoms with Gasteiger partial charge in [0.1, 0.15) is 11.4 Å². The molecule has 1 amide bonds. The topological polar surface area (TPSA) is 79.5 Å². The molecule has 1 aliphatic carbocycles. The molecular weight excluding hydrogens is 289 g/mol. The van der Waals surface area contributed by atoms with Crippen LogP contribution in [0.2, 0.25) is 0 Å². The molecule has 22 heavy (non-hydrogen) atoms. The Kier molecular flexibility index (Phi) is 3.39. The van der Waals surface area contributed by atoms with Crippen LogP contribution in [-0.2, 0) is 4.79 Å². The highest BCUT2D eigenvalue weighted by Crippen LogP contribution is 2.36. The number of hydrogen-bond donors (Lipinski definition) is 2. The van der Waals surface area contributed by atoms with Gasteiger partial charge in [-0.15, -0.1) is 0 Å². The fourth-order valence-corrected chi connectivity index (χ4v) is 2.95. The predicted octanol–water partition coefficient (Wildman–Crippen LogP) is 3.01. The maximum atomic E-state index is 13.3. The van der Waals surface area contributed by atoms with E-state index in [1.54, 1.807) is 6.92 Å². The summed E-state index contributed by atoms with van der Waals surface area (Å²) < 4.78 is 18.8. The van der Waals surface area contributed by atoms with Gasteiger partial charge < -0.3 is 14.8 Å². The lowest BCUT2D eigenvalue weighted by atomic mass is 9.74. The van der Waals surface area contributed by atoms with Gasteiger partial charge in [0.2, 0.25) is 0 Å². The fraction of sp³-hybridized carbons (Fsp3) is 0.375. The smallest absolute Gasteiger partial charge is 0.305 e. The Morgan fingerprint density at radius 1 is 1.41 bits per heavy atom. The van der Waals surface area contributed by atoms with Crippen molar-refractivity contribution in [1.29, 1.82) is 0 Å². The van der Waals surface area contributed by atoms with E-state index >= 15 is 0 Å². The number of aryl methyl sites for hydroxylation is 1. The van der Waals surface area contributed by atoms with Crippen molar-refractivity contribution in [3.8, 4) is 0 Å². The monoisotopic (exact) mass is 305 g/mol. The molecule has 0 saturated heterocycles. The van der Waals surface area contributed by atoms with Crippen molar-refractivity contribution < 1.29 is 23.5 Å². The first-order chi connectivity index (χ1) is 10.4. The number of furan rings is 1. The third-order valence-corrected chi connectivity index (χ3v) is 4.28. The molecular formula is C16H16FNO4. The Bertz CT molecular complexity index is 761. The molecule has 1 aromatic heterocycles. The summed E-state index contributed by atoms with van der Waals surface area (Å²) in [5.41, 5.74) is 0.293. The number of fused-ring (bicyclic) bond motifs is 1. The SMILES string of the molecule is Cc1c(C(=O)NC2(CC(=O)O)CCC2)oc2ccc(F)cc12. The molecule has 5 nitrogen and oxygen atoms in total. The van der Waals surface area contributed by atoms with E-state index in [2.05, 4.69) is 5.32 Å². The van der Waals surface area contributed by atoms with Crippen molar-refractivity contribution in [2.45, 2.75) is 38.1 Å². The molecule has 0 bridgehead atoms. The minimum atomic E-state index is -0.941. The predicted molar refractivity (Wildman–Crippen MR) is 77.2 cm³/mol. The first kappa shape index (κ1) is 14.6. The van der Waals surface area contributed by atoms with E-state index in [1.807, 2.05) is 0 Å². The summed E-state index contributed by atoms with van der Waals surface area (Å²) >= 11 is 0. The van der Waals surface area contributed by atoms with E-state index in [4.69, 9.17) is 9.52 Å². The molecule has 0 atom stereocenters. The number of hydrogen-bond acceptors (Lipinski definition) is 3. The third kappa shape index (κ3) is 2.45. The average molecular weight is 305 g/mol. The van der Waals surface area contributed by atoms with Crippen LogP contribution in [0.1, 0.15) is 41.8 Å². The van der Waals surface area contributed by atoms with E-state index in [1.165, 1.54) is 18.2 Å². The van der Waals surface area contributed by atoms with E-state index in [0.29, 0.717) is 29.4 Å². The van der Waals surface area contributed by atoms with E-state index < -0.39 is 23.2 Å². The van der Waals surface area contributed by atoms with Crippen molar-refractivity contribution >= 4 is 22.8 Å². The van der Waals surface area contributed by atoms with Gasteiger partial charge in [-0.05, 0) is 44.4 Å². The van der Waals surface area contributed by atoms with Gasteiger partial charge in [-0.3, -0.25) is 9.59 Å². The molecule has 6 heteroatoms. The van der Waals surface area contributed by atoms with Crippen LogP contribution in [0.3, 0.4) is 0 Å². The number of carbonyl (C=O) groups excluding carboxylic acids is 1. The number of amides is 1. The zero-order valence-corrected chi connectivity index (χ0v) is 12.1. The molecule has 3 rings (SSSR count). The Morgan fingerprint density at radius 2 is 2.14 bits per heavy atom. The summed E-state index contributed by atoms with van der Waals surface area (Å²) in [5, 5.41) is 12.3. The number of aliphatic carboxylic acids is 1. The van der Waals surface area contributed by atoms with E-state index in [9.17, 15) is 14.0 Å². The van der Waals surface area contributed by atoms with Crippen molar-refractivity contribution in [2.75, 3.05) is 0 Å². The van der Waals surface area contributed by atoms with Gasteiger partial charge in [0.05, 0.1) is 12.0 Å². The first-order valence-electron chi connectivity index (χ1n) is 7.13. The minimum Gasteiger partial charge on any atom is -0.481 e. The van der Waals surface area contributed by atoms with Crippen molar-refractivity contribution in [2.24, 2.45) is 0 Å². The quantitative estimate of drug-likeness (QED) is 0.910. The maximum absolute atomic E-state index is 13.3. The molecule has 1 fully saturated rings. The van der Waals surface area contributed by atoms with Crippen LogP contribution in [-0.4, -0.2) is 22.5 Å². The fourth-order valence-electron chi connectivity index (χ4n) is 2.95. The summed E-state index contributed by atoms with van der Waals surface area (Å²) in [6.45, 7) is 1.69. The molecule has 0 unspecified atom stereocenters. The number of rotatable bonds is 4. The number of carbonyl (C=O) groups is 2. The third-order valence-electron chi connectivity index (χ3n) is 4.28. The Hall–Kier alpha value is -2.37. The average Bonchev–Trinajstić information content (AvgIpc) is 2.73. The molecule has 1 heterocycles. The second-order valence-corrected chi connectivity index (χ2v) is 5.86. The maximum Gasteiger partial charge on any atom is 0.305 e. The van der Waals surface area contributed by atoms with Gasteiger partial charge in [-0.1, -0.05) is 0 Å². The van der Waals surface area contributed by atoms with Crippen molar-refractivity contribution in [3.05, 3.63) is 35.3 Å². The van der Waals surface area contributed by atoms with Crippen LogP contribution in [0.15, 0.2) is 22.6 Å². The van der Waals surface area contributed by atoms with Gasteiger partial charge in [-0.25, -0.2) is 4.39 Å². The van der Waals surface area contributed by atoms with Crippen LogP contribution >= 0.6 is 0 Å². The lowest BCUT2D eigenvalue weighted by Crippen LogP contribution is -2.54. The molecule has 0 spiro atoms. The Labute approximate surface area is 126 Å². The highest BCUT2D eigenvalue weighted by Gasteiger charge is 2.41. The van der Waals surface area contributed by atoms with Crippen LogP contribution in [0, 0.1) is 12.7 Å². The van der Waals surface area contributed by atoms with Crippen LogP contribution < -0.4 is 5.32 Å². The molecule has 1 saturated carbocycles. The number of carboxylic acids is 1. The van der Waals surface area contributed by atoms with E-state index in [-0.39, 0.29) is 12.2 Å². The van der Waals surface area contributed by atoms with Crippen LogP contribution in [0.5, 0.6) is 0 Å². The normalized spacial score (nSPS) is 16.3. The number of carboxylic acid groups (broad SMARTS) is 1. The summed E-state index contributed by atoms with van der Waals surface area (Å²) in [6, 6.07) is 4.07. The lowest BCUT2D eigenvalue weighted by Gasteiger charge is -2.41. The molecule has 0 radical (unpaired) electrons. The minimum absolute atomic E-state index is 0.105. The first-order valence-corrected chi connectivity index (χ1v) is 7.13. The van der Waals surface area contributed by atoms with Crippen LogP contribution in [0.25, 0.3) is 11.0 Å². The van der Waals surface area contributed by atoms with Crippen molar-refractivity contribution in [3.63, 3.8) is 0 Å². The van der Waals surface area contributed by atoms with Gasteiger partial charge in [-0.2, -0.15) is 0 Å². The van der Waals surface area contributed by atoms with Crippen molar-refractivity contribution in [1.82, 2.24) is 5.32 Å². The molecule has 1 aromatic carbocycles. The molecule has 116 valence electrons. The molecule has 2 N–H and O–H groups in total. The van der Waals surface area contributed by atoms with Gasteiger partial charge in [0.25, 0.3) is 5.91 Å². The molecule has 2 aromatic rings. The second kappa shape index (κ2) is 5.12. The largest absolute Gasteiger partial charge is 0.481 e.